The molecule has 3 nitrogen and oxygen atoms in total. The third-order valence-electron chi connectivity index (χ3n) is 2.21. The molecule has 2 aromatic heterocycles. The number of ketones is 1. The Hall–Kier alpha value is -1.42. The number of rotatable bonds is 4. The number of aromatic nitrogens is 2. The minimum atomic E-state index is 0.163. The minimum Gasteiger partial charge on any atom is -0.294 e. The summed E-state index contributed by atoms with van der Waals surface area (Å²) in [5, 5.41) is 6.01. The maximum atomic E-state index is 11.7. The van der Waals surface area contributed by atoms with E-state index in [1.54, 1.807) is 28.4 Å². The van der Waals surface area contributed by atoms with Crippen molar-refractivity contribution in [2.24, 2.45) is 7.05 Å². The molecule has 0 bridgehead atoms. The highest BCUT2D eigenvalue weighted by Gasteiger charge is 2.08. The highest BCUT2D eigenvalue weighted by molar-refractivity contribution is 7.09. The van der Waals surface area contributed by atoms with Crippen molar-refractivity contribution < 1.29 is 4.79 Å². The summed E-state index contributed by atoms with van der Waals surface area (Å²) in [6, 6.07) is 4.07. The van der Waals surface area contributed by atoms with E-state index in [2.05, 4.69) is 11.2 Å². The highest BCUT2D eigenvalue weighted by Crippen LogP contribution is 2.12. The molecule has 0 spiro atoms. The molecule has 0 N–H and O–H groups in total. The Morgan fingerprint density at radius 1 is 1.60 bits per heavy atom. The Morgan fingerprint density at radius 2 is 2.47 bits per heavy atom. The Labute approximate surface area is 92.4 Å². The molecule has 0 aromatic carbocycles. The van der Waals surface area contributed by atoms with Crippen LogP contribution in [0.1, 0.15) is 21.7 Å². The summed E-state index contributed by atoms with van der Waals surface area (Å²) in [5.41, 5.74) is 0.703. The lowest BCUT2D eigenvalue weighted by atomic mass is 10.1. The monoisotopic (exact) mass is 220 g/mol. The number of thiophene rings is 1. The van der Waals surface area contributed by atoms with Crippen LogP contribution in [-0.2, 0) is 13.5 Å². The maximum absolute atomic E-state index is 11.7. The third kappa shape index (κ3) is 2.53. The van der Waals surface area contributed by atoms with Crippen LogP contribution in [0.5, 0.6) is 0 Å². The van der Waals surface area contributed by atoms with Crippen LogP contribution in [0.3, 0.4) is 0 Å². The lowest BCUT2D eigenvalue weighted by molar-refractivity contribution is 0.0983. The first-order valence-electron chi connectivity index (χ1n) is 4.80. The smallest absolute Gasteiger partial charge is 0.166 e. The molecule has 4 heteroatoms. The van der Waals surface area contributed by atoms with E-state index in [-0.39, 0.29) is 5.78 Å². The van der Waals surface area contributed by atoms with Crippen LogP contribution in [-0.4, -0.2) is 15.6 Å². The van der Waals surface area contributed by atoms with Gasteiger partial charge in [0.1, 0.15) is 0 Å². The fourth-order valence-corrected chi connectivity index (χ4v) is 2.11. The molecule has 0 radical (unpaired) electrons. The van der Waals surface area contributed by atoms with E-state index in [0.717, 1.165) is 6.42 Å². The van der Waals surface area contributed by atoms with E-state index in [1.165, 1.54) is 4.88 Å². The van der Waals surface area contributed by atoms with Crippen LogP contribution in [0, 0.1) is 0 Å². The average molecular weight is 220 g/mol. The van der Waals surface area contributed by atoms with Crippen LogP contribution in [0.2, 0.25) is 0 Å². The largest absolute Gasteiger partial charge is 0.294 e. The van der Waals surface area contributed by atoms with Gasteiger partial charge in [0.25, 0.3) is 0 Å². The van der Waals surface area contributed by atoms with Gasteiger partial charge in [0, 0.05) is 24.5 Å². The molecule has 0 aliphatic carbocycles. The van der Waals surface area contributed by atoms with E-state index >= 15 is 0 Å². The molecular weight excluding hydrogens is 208 g/mol. The number of carbonyl (C=O) groups is 1. The molecule has 0 atom stereocenters. The second kappa shape index (κ2) is 4.40. The molecule has 0 aliphatic heterocycles. The second-order valence-electron chi connectivity index (χ2n) is 3.41. The predicted molar refractivity (Wildman–Crippen MR) is 60.2 cm³/mol. The molecule has 0 aliphatic rings. The van der Waals surface area contributed by atoms with Crippen molar-refractivity contribution in [1.82, 2.24) is 9.78 Å². The lowest BCUT2D eigenvalue weighted by Crippen LogP contribution is -1.99. The first-order chi connectivity index (χ1) is 7.25. The average Bonchev–Trinajstić information content (AvgIpc) is 2.84. The van der Waals surface area contributed by atoms with E-state index in [1.807, 2.05) is 18.5 Å². The van der Waals surface area contributed by atoms with Crippen molar-refractivity contribution in [2.75, 3.05) is 0 Å². The quantitative estimate of drug-likeness (QED) is 0.741. The van der Waals surface area contributed by atoms with Crippen LogP contribution in [0.15, 0.2) is 29.9 Å². The van der Waals surface area contributed by atoms with Gasteiger partial charge in [0.2, 0.25) is 0 Å². The van der Waals surface area contributed by atoms with E-state index < -0.39 is 0 Å². The van der Waals surface area contributed by atoms with Crippen LogP contribution >= 0.6 is 11.3 Å². The first-order valence-corrected chi connectivity index (χ1v) is 5.68. The van der Waals surface area contributed by atoms with Crippen molar-refractivity contribution in [2.45, 2.75) is 12.8 Å². The van der Waals surface area contributed by atoms with Gasteiger partial charge in [-0.3, -0.25) is 9.48 Å². The van der Waals surface area contributed by atoms with Crippen LogP contribution < -0.4 is 0 Å². The third-order valence-corrected chi connectivity index (χ3v) is 3.14. The van der Waals surface area contributed by atoms with E-state index in [0.29, 0.717) is 12.0 Å². The fourth-order valence-electron chi connectivity index (χ4n) is 1.40. The summed E-state index contributed by atoms with van der Waals surface area (Å²) in [7, 11) is 1.82. The van der Waals surface area contributed by atoms with Gasteiger partial charge < -0.3 is 0 Å². The van der Waals surface area contributed by atoms with Crippen molar-refractivity contribution in [3.63, 3.8) is 0 Å². The summed E-state index contributed by atoms with van der Waals surface area (Å²) in [6.45, 7) is 0. The van der Waals surface area contributed by atoms with E-state index in [9.17, 15) is 4.79 Å². The lowest BCUT2D eigenvalue weighted by Gasteiger charge is -1.95. The molecular formula is C11H12N2OS. The molecule has 0 amide bonds. The SMILES string of the molecule is Cn1cc(C(=O)CCc2cccs2)cn1. The van der Waals surface area contributed by atoms with Crippen LogP contribution in [0.25, 0.3) is 0 Å². The first kappa shape index (κ1) is 10.1. The number of nitrogens with zero attached hydrogens (tertiary/aromatic N) is 2. The van der Waals surface area contributed by atoms with Gasteiger partial charge in [-0.2, -0.15) is 5.10 Å². The van der Waals surface area contributed by atoms with Gasteiger partial charge in [-0.05, 0) is 17.9 Å². The van der Waals surface area contributed by atoms with Gasteiger partial charge in [-0.1, -0.05) is 6.07 Å². The predicted octanol–water partition coefficient (Wildman–Crippen LogP) is 2.30. The second-order valence-corrected chi connectivity index (χ2v) is 4.44. The summed E-state index contributed by atoms with van der Waals surface area (Å²) in [4.78, 5) is 13.0. The summed E-state index contributed by atoms with van der Waals surface area (Å²) >= 11 is 1.69. The zero-order valence-corrected chi connectivity index (χ0v) is 9.33. The fraction of sp³-hybridized carbons (Fsp3) is 0.273. The topological polar surface area (TPSA) is 34.9 Å². The normalized spacial score (nSPS) is 10.5. The molecule has 2 rings (SSSR count). The Bertz CT molecular complexity index is 445. The van der Waals surface area contributed by atoms with Gasteiger partial charge in [-0.15, -0.1) is 11.3 Å². The van der Waals surface area contributed by atoms with Crippen molar-refractivity contribution in [3.05, 3.63) is 40.3 Å². The molecule has 0 saturated carbocycles. The number of Topliss-reactive ketones (excluding diaryl/α,β-unsaturated/α-hetero) is 1. The molecule has 0 unspecified atom stereocenters. The van der Waals surface area contributed by atoms with Crippen molar-refractivity contribution in [3.8, 4) is 0 Å². The number of carbonyl (C=O) groups excluding carboxylic acids is 1. The van der Waals surface area contributed by atoms with Gasteiger partial charge >= 0.3 is 0 Å². The molecule has 0 fully saturated rings. The molecule has 2 aromatic rings. The molecule has 15 heavy (non-hydrogen) atoms. The van der Waals surface area contributed by atoms with Gasteiger partial charge in [0.05, 0.1) is 11.8 Å². The maximum Gasteiger partial charge on any atom is 0.166 e. The molecule has 78 valence electrons. The minimum absolute atomic E-state index is 0.163. The van der Waals surface area contributed by atoms with Crippen LogP contribution in [0.4, 0.5) is 0 Å². The molecule has 0 saturated heterocycles. The number of hydrogen-bond donors (Lipinski definition) is 0. The zero-order valence-electron chi connectivity index (χ0n) is 8.51. The Morgan fingerprint density at radius 3 is 3.07 bits per heavy atom. The number of hydrogen-bond acceptors (Lipinski definition) is 3. The summed E-state index contributed by atoms with van der Waals surface area (Å²) < 4.78 is 1.65. The zero-order chi connectivity index (χ0) is 10.7. The van der Waals surface area contributed by atoms with Crippen molar-refractivity contribution >= 4 is 17.1 Å². The Kier molecular flexibility index (Phi) is 2.97. The van der Waals surface area contributed by atoms with Crippen molar-refractivity contribution in [1.29, 1.82) is 0 Å². The standard InChI is InChI=1S/C11H12N2OS/c1-13-8-9(7-12-13)11(14)5-4-10-3-2-6-15-10/h2-3,6-8H,4-5H2,1H3. The summed E-state index contributed by atoms with van der Waals surface area (Å²) in [5.74, 6) is 0.163. The highest BCUT2D eigenvalue weighted by atomic mass is 32.1. The van der Waals surface area contributed by atoms with Gasteiger partial charge in [0.15, 0.2) is 5.78 Å². The molecule has 2 heterocycles. The summed E-state index contributed by atoms with van der Waals surface area (Å²) in [6.07, 6.45) is 4.77. The van der Waals surface area contributed by atoms with E-state index in [4.69, 9.17) is 0 Å². The van der Waals surface area contributed by atoms with Gasteiger partial charge in [-0.25, -0.2) is 0 Å². The number of aryl methyl sites for hydroxylation is 2. The Balaban J connectivity index is 1.93.